The number of carbonyl (C=O) groups is 3. The summed E-state index contributed by atoms with van der Waals surface area (Å²) in [7, 11) is 2.72. The van der Waals surface area contributed by atoms with E-state index >= 15 is 0 Å². The first kappa shape index (κ1) is 18.1. The van der Waals surface area contributed by atoms with Crippen molar-refractivity contribution in [2.24, 2.45) is 0 Å². The van der Waals surface area contributed by atoms with E-state index in [1.165, 1.54) is 20.2 Å². The lowest BCUT2D eigenvalue weighted by Gasteiger charge is -2.25. The first-order chi connectivity index (χ1) is 11.3. The van der Waals surface area contributed by atoms with Gasteiger partial charge >= 0.3 is 5.97 Å². The third-order valence-corrected chi connectivity index (χ3v) is 4.02. The summed E-state index contributed by atoms with van der Waals surface area (Å²) in [6.45, 7) is -0.293. The van der Waals surface area contributed by atoms with Crippen LogP contribution in [-0.2, 0) is 19.1 Å². The van der Waals surface area contributed by atoms with Crippen LogP contribution in [0.15, 0.2) is 28.2 Å². The number of halogens is 1. The van der Waals surface area contributed by atoms with Crippen molar-refractivity contribution in [2.75, 3.05) is 20.8 Å². The van der Waals surface area contributed by atoms with E-state index in [2.05, 4.69) is 26.0 Å². The highest BCUT2D eigenvalue weighted by atomic mass is 79.9. The summed E-state index contributed by atoms with van der Waals surface area (Å²) in [5, 5.41) is 2.47. The second-order valence-corrected chi connectivity index (χ2v) is 6.03. The molecular weight excluding hydrogens is 400 g/mol. The number of benzene rings is 1. The van der Waals surface area contributed by atoms with Gasteiger partial charge in [0, 0.05) is 17.1 Å². The molecular formula is C15H13BrN2O5S. The molecule has 1 heterocycles. The number of thiocarbonyl (C=S) groups is 1. The van der Waals surface area contributed by atoms with Crippen LogP contribution in [0.25, 0.3) is 6.08 Å². The summed E-state index contributed by atoms with van der Waals surface area (Å²) in [6.07, 6.45) is 1.38. The van der Waals surface area contributed by atoms with Crippen LogP contribution in [0, 0.1) is 0 Å². The highest BCUT2D eigenvalue weighted by molar-refractivity contribution is 9.10. The van der Waals surface area contributed by atoms with Crippen molar-refractivity contribution in [3.05, 3.63) is 33.8 Å². The van der Waals surface area contributed by atoms with Crippen LogP contribution in [0.2, 0.25) is 0 Å². The Balaban J connectivity index is 2.38. The fourth-order valence-corrected chi connectivity index (χ4v) is 2.41. The van der Waals surface area contributed by atoms with Crippen molar-refractivity contribution in [1.82, 2.24) is 10.2 Å². The van der Waals surface area contributed by atoms with E-state index in [0.717, 1.165) is 4.90 Å². The molecule has 24 heavy (non-hydrogen) atoms. The van der Waals surface area contributed by atoms with Gasteiger partial charge in [-0.2, -0.15) is 0 Å². The molecule has 1 aromatic rings. The predicted octanol–water partition coefficient (Wildman–Crippen LogP) is 1.26. The molecule has 0 saturated carbocycles. The number of nitrogens with zero attached hydrogens (tertiary/aromatic N) is 1. The quantitative estimate of drug-likeness (QED) is 0.346. The van der Waals surface area contributed by atoms with Crippen molar-refractivity contribution < 1.29 is 23.9 Å². The summed E-state index contributed by atoms with van der Waals surface area (Å²) in [4.78, 5) is 36.7. The Bertz CT molecular complexity index is 762. The number of ether oxygens (including phenoxy) is 2. The van der Waals surface area contributed by atoms with Crippen molar-refractivity contribution in [3.8, 4) is 5.75 Å². The summed E-state index contributed by atoms with van der Waals surface area (Å²) in [6, 6.07) is 4.98. The molecule has 0 spiro atoms. The minimum absolute atomic E-state index is 0.0403. The zero-order valence-electron chi connectivity index (χ0n) is 12.8. The molecule has 9 heteroatoms. The Kier molecular flexibility index (Phi) is 5.68. The number of hydrogen-bond acceptors (Lipinski definition) is 6. The lowest BCUT2D eigenvalue weighted by molar-refractivity contribution is -0.143. The van der Waals surface area contributed by atoms with Crippen molar-refractivity contribution >= 4 is 57.1 Å². The molecule has 1 aliphatic rings. The van der Waals surface area contributed by atoms with E-state index in [4.69, 9.17) is 17.0 Å². The van der Waals surface area contributed by atoms with Crippen LogP contribution in [0.4, 0.5) is 0 Å². The topological polar surface area (TPSA) is 84.9 Å². The summed E-state index contributed by atoms with van der Waals surface area (Å²) in [5.41, 5.74) is 0.361. The molecule has 7 nitrogen and oxygen atoms in total. The maximum absolute atomic E-state index is 12.2. The van der Waals surface area contributed by atoms with Crippen LogP contribution in [0.3, 0.4) is 0 Å². The van der Waals surface area contributed by atoms with Crippen LogP contribution in [-0.4, -0.2) is 48.6 Å². The maximum atomic E-state index is 12.2. The predicted molar refractivity (Wildman–Crippen MR) is 93.1 cm³/mol. The summed E-state index contributed by atoms with van der Waals surface area (Å²) < 4.78 is 10.6. The lowest BCUT2D eigenvalue weighted by atomic mass is 10.1. The maximum Gasteiger partial charge on any atom is 0.343 e. The van der Waals surface area contributed by atoms with E-state index < -0.39 is 17.8 Å². The Morgan fingerprint density at radius 2 is 2.12 bits per heavy atom. The van der Waals surface area contributed by atoms with Crippen molar-refractivity contribution in [1.29, 1.82) is 0 Å². The normalized spacial score (nSPS) is 16.2. The van der Waals surface area contributed by atoms with Crippen molar-refractivity contribution in [3.63, 3.8) is 0 Å². The van der Waals surface area contributed by atoms with Crippen LogP contribution in [0.5, 0.6) is 5.75 Å². The standard InChI is InChI=1S/C15H13BrN2O5S/c1-18-14(21)10(13(20)17-15(18)24)6-8-5-9(16)3-4-11(8)23-7-12(19)22-2/h3-6H,7H2,1-2H3,(H,17,20,24)/b10-6+. The number of rotatable bonds is 4. The molecule has 126 valence electrons. The van der Waals surface area contributed by atoms with Gasteiger partial charge in [-0.3, -0.25) is 19.8 Å². The summed E-state index contributed by atoms with van der Waals surface area (Å²) in [5.74, 6) is -1.34. The Hall–Kier alpha value is -2.26. The van der Waals surface area contributed by atoms with Gasteiger partial charge in [-0.1, -0.05) is 15.9 Å². The number of likely N-dealkylation sites (N-methyl/N-ethyl adjacent to an activating group) is 1. The lowest BCUT2D eigenvalue weighted by Crippen LogP contribution is -2.52. The Morgan fingerprint density at radius 3 is 2.79 bits per heavy atom. The number of esters is 1. The minimum Gasteiger partial charge on any atom is -0.481 e. The molecule has 1 aromatic carbocycles. The first-order valence-corrected chi connectivity index (χ1v) is 7.88. The number of nitrogens with one attached hydrogen (secondary N) is 1. The Labute approximate surface area is 151 Å². The molecule has 0 aromatic heterocycles. The number of amides is 2. The summed E-state index contributed by atoms with van der Waals surface area (Å²) >= 11 is 8.21. The highest BCUT2D eigenvalue weighted by Gasteiger charge is 2.31. The van der Waals surface area contributed by atoms with Gasteiger partial charge in [-0.05, 0) is 36.5 Å². The van der Waals surface area contributed by atoms with Gasteiger partial charge in [0.15, 0.2) is 11.7 Å². The van der Waals surface area contributed by atoms with Gasteiger partial charge in [0.1, 0.15) is 11.3 Å². The molecule has 2 rings (SSSR count). The largest absolute Gasteiger partial charge is 0.481 e. The smallest absolute Gasteiger partial charge is 0.343 e. The molecule has 2 amide bonds. The average Bonchev–Trinajstić information content (AvgIpc) is 2.55. The monoisotopic (exact) mass is 412 g/mol. The Morgan fingerprint density at radius 1 is 1.42 bits per heavy atom. The number of methoxy groups -OCH3 is 1. The van der Waals surface area contributed by atoms with E-state index in [1.807, 2.05) is 0 Å². The van der Waals surface area contributed by atoms with Gasteiger partial charge in [-0.15, -0.1) is 0 Å². The zero-order chi connectivity index (χ0) is 17.9. The van der Waals surface area contributed by atoms with Gasteiger partial charge in [0.2, 0.25) is 0 Å². The van der Waals surface area contributed by atoms with Gasteiger partial charge in [-0.25, -0.2) is 4.79 Å². The van der Waals surface area contributed by atoms with Crippen LogP contribution in [0.1, 0.15) is 5.56 Å². The third-order valence-electron chi connectivity index (χ3n) is 3.15. The van der Waals surface area contributed by atoms with Crippen molar-refractivity contribution in [2.45, 2.75) is 0 Å². The van der Waals surface area contributed by atoms with Crippen LogP contribution >= 0.6 is 28.1 Å². The SMILES string of the molecule is COC(=O)COc1ccc(Br)cc1/C=C1\C(=O)NC(=S)N(C)C1=O. The first-order valence-electron chi connectivity index (χ1n) is 6.67. The second-order valence-electron chi connectivity index (χ2n) is 4.73. The molecule has 1 fully saturated rings. The second kappa shape index (κ2) is 7.54. The molecule has 1 saturated heterocycles. The zero-order valence-corrected chi connectivity index (χ0v) is 15.2. The fourth-order valence-electron chi connectivity index (χ4n) is 1.86. The highest BCUT2D eigenvalue weighted by Crippen LogP contribution is 2.26. The third kappa shape index (κ3) is 3.98. The van der Waals surface area contributed by atoms with Gasteiger partial charge < -0.3 is 9.47 Å². The number of carbonyl (C=O) groups excluding carboxylic acids is 3. The van der Waals surface area contributed by atoms with Gasteiger partial charge in [0.25, 0.3) is 11.8 Å². The van der Waals surface area contributed by atoms with Crippen LogP contribution < -0.4 is 10.1 Å². The molecule has 0 atom stereocenters. The fraction of sp³-hybridized carbons (Fsp3) is 0.200. The molecule has 1 N–H and O–H groups in total. The molecule has 0 radical (unpaired) electrons. The average molecular weight is 413 g/mol. The van der Waals surface area contributed by atoms with E-state index in [-0.39, 0.29) is 17.3 Å². The number of hydrogen-bond donors (Lipinski definition) is 1. The van der Waals surface area contributed by atoms with Gasteiger partial charge in [0.05, 0.1) is 7.11 Å². The molecule has 1 aliphatic heterocycles. The molecule has 0 aliphatic carbocycles. The minimum atomic E-state index is -0.595. The van der Waals surface area contributed by atoms with E-state index in [9.17, 15) is 14.4 Å². The molecule has 0 bridgehead atoms. The van der Waals surface area contributed by atoms with E-state index in [0.29, 0.717) is 15.8 Å². The molecule has 0 unspecified atom stereocenters. The van der Waals surface area contributed by atoms with E-state index in [1.54, 1.807) is 18.2 Å².